The Morgan fingerprint density at radius 3 is 2.16 bits per heavy atom. The second-order valence-corrected chi connectivity index (χ2v) is 7.86. The number of rotatable bonds is 8. The lowest BCUT2D eigenvalue weighted by molar-refractivity contribution is -0.234. The van der Waals surface area contributed by atoms with Gasteiger partial charge < -0.3 is 9.47 Å². The van der Waals surface area contributed by atoms with E-state index >= 15 is 0 Å². The Balaban J connectivity index is 1.99. The molecule has 9 heteroatoms. The molecule has 3 rings (SSSR count). The molecule has 0 radical (unpaired) electrons. The van der Waals surface area contributed by atoms with Crippen molar-refractivity contribution >= 4 is 23.5 Å². The fourth-order valence-electron chi connectivity index (χ4n) is 3.64. The minimum Gasteiger partial charge on any atom is -0.451 e. The Bertz CT molecular complexity index is 910. The Kier molecular flexibility index (Phi) is 7.79. The Hall–Kier alpha value is -2.58. The summed E-state index contributed by atoms with van der Waals surface area (Å²) in [6.45, 7) is 0. The monoisotopic (exact) mass is 469 g/mol. The van der Waals surface area contributed by atoms with Crippen LogP contribution >= 0.6 is 11.6 Å². The maximum absolute atomic E-state index is 13.0. The summed E-state index contributed by atoms with van der Waals surface area (Å²) >= 11 is 5.68. The number of cyclic esters (lactones) is 1. The van der Waals surface area contributed by atoms with Crippen LogP contribution in [0.25, 0.3) is 0 Å². The van der Waals surface area contributed by atoms with Crippen molar-refractivity contribution < 1.29 is 32.2 Å². The van der Waals surface area contributed by atoms with E-state index in [0.29, 0.717) is 36.3 Å². The molecule has 0 bridgehead atoms. The van der Waals surface area contributed by atoms with Crippen LogP contribution in [0, 0.1) is 0 Å². The van der Waals surface area contributed by atoms with Gasteiger partial charge in [0.05, 0.1) is 6.04 Å². The first kappa shape index (κ1) is 24.1. The lowest BCUT2D eigenvalue weighted by Gasteiger charge is -2.43. The van der Waals surface area contributed by atoms with E-state index in [1.807, 2.05) is 0 Å². The van der Waals surface area contributed by atoms with Gasteiger partial charge in [-0.05, 0) is 24.0 Å². The van der Waals surface area contributed by atoms with Crippen molar-refractivity contribution in [1.29, 1.82) is 0 Å². The van der Waals surface area contributed by atoms with E-state index in [9.17, 15) is 22.8 Å². The zero-order valence-corrected chi connectivity index (χ0v) is 17.9. The van der Waals surface area contributed by atoms with Gasteiger partial charge in [0.15, 0.2) is 0 Å². The van der Waals surface area contributed by atoms with Crippen LogP contribution in [-0.4, -0.2) is 29.7 Å². The first-order valence-electron chi connectivity index (χ1n) is 10.2. The van der Waals surface area contributed by atoms with Crippen molar-refractivity contribution in [2.45, 2.75) is 49.7 Å². The van der Waals surface area contributed by atoms with Gasteiger partial charge in [-0.2, -0.15) is 13.2 Å². The van der Waals surface area contributed by atoms with Crippen LogP contribution in [0.1, 0.15) is 49.0 Å². The van der Waals surface area contributed by atoms with E-state index in [1.165, 1.54) is 0 Å². The molecule has 0 unspecified atom stereocenters. The number of esters is 2. The number of alkyl halides is 4. The molecule has 5 nitrogen and oxygen atoms in total. The first-order valence-corrected chi connectivity index (χ1v) is 10.7. The molecule has 0 spiro atoms. The van der Waals surface area contributed by atoms with Gasteiger partial charge in [0.25, 0.3) is 5.72 Å². The highest BCUT2D eigenvalue weighted by Gasteiger charge is 2.56. The third kappa shape index (κ3) is 5.61. The van der Waals surface area contributed by atoms with Gasteiger partial charge in [-0.1, -0.05) is 67.1 Å². The number of morpholine rings is 1. The molecule has 1 aliphatic rings. The molecule has 172 valence electrons. The van der Waals surface area contributed by atoms with E-state index < -0.39 is 36.0 Å². The molecule has 0 aliphatic carbocycles. The molecule has 0 amide bonds. The van der Waals surface area contributed by atoms with E-state index in [4.69, 9.17) is 21.1 Å². The molecule has 1 saturated heterocycles. The fraction of sp³-hybridized carbons (Fsp3) is 0.391. The molecule has 0 saturated carbocycles. The normalized spacial score (nSPS) is 23.4. The number of carbonyl (C=O) groups excluding carboxylic acids is 2. The molecular formula is C23H23ClF3NO4. The minimum atomic E-state index is -5.26. The Labute approximate surface area is 188 Å². The van der Waals surface area contributed by atoms with Gasteiger partial charge in [-0.3, -0.25) is 5.32 Å². The van der Waals surface area contributed by atoms with Crippen LogP contribution in [0.4, 0.5) is 13.2 Å². The number of benzene rings is 2. The van der Waals surface area contributed by atoms with Gasteiger partial charge in [0, 0.05) is 12.3 Å². The van der Waals surface area contributed by atoms with Gasteiger partial charge in [-0.15, -0.1) is 11.6 Å². The summed E-state index contributed by atoms with van der Waals surface area (Å²) in [4.78, 5) is 24.8. The zero-order chi connectivity index (χ0) is 23.2. The SMILES string of the molecule is O=C(O[C@]1(CCCCCCl)N[C@@H](c2ccccc2)[C@@H](c2ccccc2)OC1=O)C(F)(F)F. The molecule has 2 aromatic carbocycles. The van der Waals surface area contributed by atoms with E-state index in [1.54, 1.807) is 60.7 Å². The summed E-state index contributed by atoms with van der Waals surface area (Å²) in [5.74, 6) is -3.15. The van der Waals surface area contributed by atoms with Crippen molar-refractivity contribution in [2.24, 2.45) is 0 Å². The third-order valence-corrected chi connectivity index (χ3v) is 5.47. The largest absolute Gasteiger partial charge is 0.491 e. The molecule has 32 heavy (non-hydrogen) atoms. The smallest absolute Gasteiger partial charge is 0.451 e. The Morgan fingerprint density at radius 1 is 1.00 bits per heavy atom. The van der Waals surface area contributed by atoms with Crippen molar-refractivity contribution in [3.05, 3.63) is 71.8 Å². The predicted octanol–water partition coefficient (Wildman–Crippen LogP) is 5.22. The van der Waals surface area contributed by atoms with Crippen LogP contribution in [0.15, 0.2) is 60.7 Å². The first-order chi connectivity index (χ1) is 15.3. The highest BCUT2D eigenvalue weighted by atomic mass is 35.5. The molecule has 3 atom stereocenters. The quantitative estimate of drug-likeness (QED) is 0.326. The second-order valence-electron chi connectivity index (χ2n) is 7.48. The average Bonchev–Trinajstić information content (AvgIpc) is 2.79. The van der Waals surface area contributed by atoms with Gasteiger partial charge in [0.2, 0.25) is 0 Å². The zero-order valence-electron chi connectivity index (χ0n) is 17.1. The molecule has 1 heterocycles. The summed E-state index contributed by atoms with van der Waals surface area (Å²) < 4.78 is 49.5. The van der Waals surface area contributed by atoms with E-state index in [-0.39, 0.29) is 6.42 Å². The average molecular weight is 470 g/mol. The van der Waals surface area contributed by atoms with Crippen LogP contribution in [0.2, 0.25) is 0 Å². The summed E-state index contributed by atoms with van der Waals surface area (Å²) in [7, 11) is 0. The minimum absolute atomic E-state index is 0.185. The topological polar surface area (TPSA) is 64.6 Å². The number of nitrogens with one attached hydrogen (secondary N) is 1. The standard InChI is InChI=1S/C23H23ClF3NO4/c24-15-9-3-8-14-22(32-21(30)23(25,26)27)20(29)31-19(17-12-6-2-7-13-17)18(28-22)16-10-4-1-5-11-16/h1-2,4-7,10-13,18-19,28H,3,8-9,14-15H2/t18-,19+,22-/m0/s1. The van der Waals surface area contributed by atoms with Gasteiger partial charge >= 0.3 is 18.1 Å². The van der Waals surface area contributed by atoms with E-state index in [0.717, 1.165) is 0 Å². The van der Waals surface area contributed by atoms with Crippen molar-refractivity contribution in [2.75, 3.05) is 5.88 Å². The number of ether oxygens (including phenoxy) is 2. The Morgan fingerprint density at radius 2 is 1.59 bits per heavy atom. The van der Waals surface area contributed by atoms with Crippen molar-refractivity contribution in [3.63, 3.8) is 0 Å². The summed E-state index contributed by atoms with van der Waals surface area (Å²) in [6.07, 6.45) is -4.82. The van der Waals surface area contributed by atoms with Crippen LogP contribution in [0.3, 0.4) is 0 Å². The number of hydrogen-bond acceptors (Lipinski definition) is 5. The lowest BCUT2D eigenvalue weighted by atomic mass is 9.90. The highest BCUT2D eigenvalue weighted by Crippen LogP contribution is 2.41. The summed E-state index contributed by atoms with van der Waals surface area (Å²) in [5, 5.41) is 2.91. The fourth-order valence-corrected chi connectivity index (χ4v) is 3.83. The number of unbranched alkanes of at least 4 members (excludes halogenated alkanes) is 2. The third-order valence-electron chi connectivity index (χ3n) is 5.20. The maximum Gasteiger partial charge on any atom is 0.491 e. The van der Waals surface area contributed by atoms with E-state index in [2.05, 4.69) is 5.32 Å². The molecule has 1 N–H and O–H groups in total. The molecule has 0 aromatic heterocycles. The van der Waals surface area contributed by atoms with Crippen molar-refractivity contribution in [1.82, 2.24) is 5.32 Å². The van der Waals surface area contributed by atoms with Gasteiger partial charge in [0.1, 0.15) is 6.10 Å². The number of carbonyl (C=O) groups is 2. The van der Waals surface area contributed by atoms with Gasteiger partial charge in [-0.25, -0.2) is 9.59 Å². The summed E-state index contributed by atoms with van der Waals surface area (Å²) in [6, 6.07) is 16.9. The van der Waals surface area contributed by atoms with Crippen LogP contribution in [-0.2, 0) is 19.1 Å². The van der Waals surface area contributed by atoms with Crippen molar-refractivity contribution in [3.8, 4) is 0 Å². The second kappa shape index (κ2) is 10.4. The molecule has 1 aliphatic heterocycles. The molecular weight excluding hydrogens is 447 g/mol. The van der Waals surface area contributed by atoms with Crippen LogP contribution in [0.5, 0.6) is 0 Å². The van der Waals surface area contributed by atoms with Crippen LogP contribution < -0.4 is 5.32 Å². The maximum atomic E-state index is 13.0. The molecule has 2 aromatic rings. The number of halogens is 4. The predicted molar refractivity (Wildman–Crippen MR) is 112 cm³/mol. The molecule has 1 fully saturated rings. The lowest BCUT2D eigenvalue weighted by Crippen LogP contribution is -2.62. The summed E-state index contributed by atoms with van der Waals surface area (Å²) in [5.41, 5.74) is -0.952. The highest BCUT2D eigenvalue weighted by molar-refractivity contribution is 6.17. The number of hydrogen-bond donors (Lipinski definition) is 1.